The molecule has 0 radical (unpaired) electrons. The van der Waals surface area contributed by atoms with Crippen molar-refractivity contribution in [2.45, 2.75) is 77.4 Å². The molecule has 21 heavy (non-hydrogen) atoms. The molecular formula is C16H31N5. The highest BCUT2D eigenvalue weighted by atomic mass is 15.4. The third-order valence-corrected chi connectivity index (χ3v) is 4.79. The van der Waals surface area contributed by atoms with Crippen LogP contribution in [0.3, 0.4) is 0 Å². The van der Waals surface area contributed by atoms with E-state index in [1.165, 1.54) is 32.1 Å². The maximum absolute atomic E-state index is 6.21. The Balaban J connectivity index is 2.15. The fourth-order valence-electron chi connectivity index (χ4n) is 3.59. The predicted molar refractivity (Wildman–Crippen MR) is 85.9 cm³/mol. The quantitative estimate of drug-likeness (QED) is 0.800. The van der Waals surface area contributed by atoms with Gasteiger partial charge in [0.05, 0.1) is 6.54 Å². The molecule has 1 aliphatic carbocycles. The van der Waals surface area contributed by atoms with Gasteiger partial charge in [-0.3, -0.25) is 4.90 Å². The molecule has 5 heteroatoms. The van der Waals surface area contributed by atoms with Crippen molar-refractivity contribution in [3.05, 3.63) is 12.2 Å². The van der Waals surface area contributed by atoms with Crippen LogP contribution in [0.15, 0.2) is 6.33 Å². The smallest absolute Gasteiger partial charge is 0.141 e. The Morgan fingerprint density at radius 1 is 1.24 bits per heavy atom. The summed E-state index contributed by atoms with van der Waals surface area (Å²) in [4.78, 5) is 7.07. The number of rotatable bonds is 8. The maximum Gasteiger partial charge on any atom is 0.141 e. The van der Waals surface area contributed by atoms with Gasteiger partial charge in [0, 0.05) is 18.6 Å². The normalized spacial score (nSPS) is 18.3. The standard InChI is InChI=1S/C16H31N5/c1-3-10-20(16(13-17)8-6-5-7-9-16)12-15-18-14-19-21(15)11-4-2/h14H,3-13,17H2,1-2H3. The summed E-state index contributed by atoms with van der Waals surface area (Å²) >= 11 is 0. The highest BCUT2D eigenvalue weighted by molar-refractivity contribution is 4.97. The van der Waals surface area contributed by atoms with E-state index in [-0.39, 0.29) is 5.54 Å². The zero-order valence-corrected chi connectivity index (χ0v) is 13.7. The van der Waals surface area contributed by atoms with Crippen LogP contribution < -0.4 is 5.73 Å². The van der Waals surface area contributed by atoms with Crippen molar-refractivity contribution in [3.8, 4) is 0 Å². The number of hydrogen-bond acceptors (Lipinski definition) is 4. The van der Waals surface area contributed by atoms with Gasteiger partial charge in [0.1, 0.15) is 12.2 Å². The van der Waals surface area contributed by atoms with Gasteiger partial charge in [-0.15, -0.1) is 0 Å². The summed E-state index contributed by atoms with van der Waals surface area (Å²) in [5.74, 6) is 1.09. The molecule has 0 amide bonds. The van der Waals surface area contributed by atoms with Crippen LogP contribution in [0.5, 0.6) is 0 Å². The van der Waals surface area contributed by atoms with E-state index in [9.17, 15) is 0 Å². The summed E-state index contributed by atoms with van der Waals surface area (Å²) < 4.78 is 2.05. The van der Waals surface area contributed by atoms with Gasteiger partial charge in [0.15, 0.2) is 0 Å². The Morgan fingerprint density at radius 3 is 2.62 bits per heavy atom. The molecule has 5 nitrogen and oxygen atoms in total. The van der Waals surface area contributed by atoms with Gasteiger partial charge >= 0.3 is 0 Å². The second-order valence-corrected chi connectivity index (χ2v) is 6.31. The van der Waals surface area contributed by atoms with E-state index < -0.39 is 0 Å². The van der Waals surface area contributed by atoms with Crippen molar-refractivity contribution < 1.29 is 0 Å². The molecule has 1 saturated carbocycles. The van der Waals surface area contributed by atoms with E-state index in [4.69, 9.17) is 5.73 Å². The monoisotopic (exact) mass is 293 g/mol. The lowest BCUT2D eigenvalue weighted by molar-refractivity contribution is 0.0460. The van der Waals surface area contributed by atoms with Gasteiger partial charge < -0.3 is 5.73 Å². The molecule has 0 aliphatic heterocycles. The average Bonchev–Trinajstić information content (AvgIpc) is 2.95. The minimum absolute atomic E-state index is 0.178. The zero-order chi connectivity index (χ0) is 15.1. The largest absolute Gasteiger partial charge is 0.329 e. The molecule has 2 N–H and O–H groups in total. The van der Waals surface area contributed by atoms with Crippen molar-refractivity contribution in [1.82, 2.24) is 19.7 Å². The molecule has 0 aromatic carbocycles. The van der Waals surface area contributed by atoms with Gasteiger partial charge in [-0.2, -0.15) is 5.10 Å². The van der Waals surface area contributed by atoms with Crippen LogP contribution >= 0.6 is 0 Å². The molecule has 1 aliphatic rings. The molecule has 0 spiro atoms. The first-order valence-electron chi connectivity index (χ1n) is 8.57. The second kappa shape index (κ2) is 7.90. The summed E-state index contributed by atoms with van der Waals surface area (Å²) in [5, 5.41) is 4.36. The Morgan fingerprint density at radius 2 is 2.00 bits per heavy atom. The molecule has 2 rings (SSSR count). The summed E-state index contributed by atoms with van der Waals surface area (Å²) in [6, 6.07) is 0. The molecule has 0 saturated heterocycles. The molecule has 1 fully saturated rings. The van der Waals surface area contributed by atoms with Crippen LogP contribution in [-0.4, -0.2) is 38.3 Å². The van der Waals surface area contributed by atoms with E-state index in [0.717, 1.165) is 44.8 Å². The van der Waals surface area contributed by atoms with Crippen LogP contribution in [-0.2, 0) is 13.1 Å². The van der Waals surface area contributed by atoms with E-state index in [2.05, 4.69) is 33.5 Å². The zero-order valence-electron chi connectivity index (χ0n) is 13.7. The van der Waals surface area contributed by atoms with E-state index >= 15 is 0 Å². The Labute approximate surface area is 128 Å². The van der Waals surface area contributed by atoms with Gasteiger partial charge in [-0.1, -0.05) is 33.1 Å². The molecule has 1 aromatic heterocycles. The van der Waals surface area contributed by atoms with Crippen LogP contribution in [0.4, 0.5) is 0 Å². The van der Waals surface area contributed by atoms with Gasteiger partial charge in [0.2, 0.25) is 0 Å². The van der Waals surface area contributed by atoms with Gasteiger partial charge in [-0.25, -0.2) is 9.67 Å². The number of hydrogen-bond donors (Lipinski definition) is 1. The molecule has 1 heterocycles. The first-order chi connectivity index (χ1) is 10.3. The SMILES string of the molecule is CCCN(Cc1ncnn1CCC)C1(CN)CCCCC1. The number of aryl methyl sites for hydroxylation is 1. The van der Waals surface area contributed by atoms with Crippen molar-refractivity contribution in [2.24, 2.45) is 5.73 Å². The first-order valence-corrected chi connectivity index (χ1v) is 8.57. The first kappa shape index (κ1) is 16.4. The van der Waals surface area contributed by atoms with Crippen LogP contribution in [0.2, 0.25) is 0 Å². The predicted octanol–water partition coefficient (Wildman–Crippen LogP) is 2.56. The fourth-order valence-corrected chi connectivity index (χ4v) is 3.59. The van der Waals surface area contributed by atoms with Crippen LogP contribution in [0.25, 0.3) is 0 Å². The number of nitrogens with zero attached hydrogens (tertiary/aromatic N) is 4. The van der Waals surface area contributed by atoms with Crippen molar-refractivity contribution in [3.63, 3.8) is 0 Å². The summed E-state index contributed by atoms with van der Waals surface area (Å²) in [7, 11) is 0. The molecule has 0 atom stereocenters. The van der Waals surface area contributed by atoms with Gasteiger partial charge in [0.25, 0.3) is 0 Å². The topological polar surface area (TPSA) is 60.0 Å². The molecule has 1 aromatic rings. The molecular weight excluding hydrogens is 262 g/mol. The van der Waals surface area contributed by atoms with Crippen LogP contribution in [0.1, 0.15) is 64.6 Å². The van der Waals surface area contributed by atoms with Crippen molar-refractivity contribution in [2.75, 3.05) is 13.1 Å². The highest BCUT2D eigenvalue weighted by Crippen LogP contribution is 2.34. The average molecular weight is 293 g/mol. The highest BCUT2D eigenvalue weighted by Gasteiger charge is 2.36. The summed E-state index contributed by atoms with van der Waals surface area (Å²) in [6.45, 7) is 8.11. The minimum Gasteiger partial charge on any atom is -0.329 e. The lowest BCUT2D eigenvalue weighted by atomic mass is 9.80. The van der Waals surface area contributed by atoms with E-state index in [1.54, 1.807) is 6.33 Å². The summed E-state index contributed by atoms with van der Waals surface area (Å²) in [5.41, 5.74) is 6.39. The number of nitrogens with two attached hydrogens (primary N) is 1. The fraction of sp³-hybridized carbons (Fsp3) is 0.875. The molecule has 0 unspecified atom stereocenters. The third-order valence-electron chi connectivity index (χ3n) is 4.79. The molecule has 0 bridgehead atoms. The van der Waals surface area contributed by atoms with Crippen molar-refractivity contribution in [1.29, 1.82) is 0 Å². The lowest BCUT2D eigenvalue weighted by Crippen LogP contribution is -2.55. The summed E-state index contributed by atoms with van der Waals surface area (Å²) in [6.07, 6.45) is 10.4. The van der Waals surface area contributed by atoms with E-state index in [1.807, 2.05) is 0 Å². The van der Waals surface area contributed by atoms with Crippen molar-refractivity contribution >= 4 is 0 Å². The third kappa shape index (κ3) is 3.83. The lowest BCUT2D eigenvalue weighted by Gasteiger charge is -2.46. The minimum atomic E-state index is 0.178. The van der Waals surface area contributed by atoms with Gasteiger partial charge in [-0.05, 0) is 32.2 Å². The van der Waals surface area contributed by atoms with E-state index in [0.29, 0.717) is 0 Å². The Bertz CT molecular complexity index is 409. The number of aromatic nitrogens is 3. The Hall–Kier alpha value is -0.940. The maximum atomic E-state index is 6.21. The second-order valence-electron chi connectivity index (χ2n) is 6.31. The molecule has 120 valence electrons. The van der Waals surface area contributed by atoms with Crippen LogP contribution in [0, 0.1) is 0 Å². The Kier molecular flexibility index (Phi) is 6.18.